The zero-order chi connectivity index (χ0) is 17.4. The van der Waals surface area contributed by atoms with Crippen LogP contribution in [0, 0.1) is 10.9 Å². The van der Waals surface area contributed by atoms with Gasteiger partial charge in [-0.25, -0.2) is 5.53 Å². The third-order valence-corrected chi connectivity index (χ3v) is 4.94. The molecule has 2 N–H and O–H groups in total. The Morgan fingerprint density at radius 1 is 0.920 bits per heavy atom. The lowest BCUT2D eigenvalue weighted by Crippen LogP contribution is -1.99. The van der Waals surface area contributed by atoms with Crippen molar-refractivity contribution in [3.63, 3.8) is 0 Å². The summed E-state index contributed by atoms with van der Waals surface area (Å²) in [6, 6.07) is 22.5. The van der Waals surface area contributed by atoms with Crippen molar-refractivity contribution in [3.05, 3.63) is 82.3 Å². The molecule has 0 aliphatic rings. The zero-order valence-corrected chi connectivity index (χ0v) is 14.9. The van der Waals surface area contributed by atoms with Crippen LogP contribution in [-0.4, -0.2) is 10.4 Å². The molecular weight excluding hydrogens is 376 g/mol. The van der Waals surface area contributed by atoms with Gasteiger partial charge in [0.2, 0.25) is 0 Å². The highest BCUT2D eigenvalue weighted by atomic mass is 79.9. The summed E-state index contributed by atoms with van der Waals surface area (Å²) in [6.45, 7) is 0.775. The molecule has 1 heterocycles. The van der Waals surface area contributed by atoms with Crippen molar-refractivity contribution >= 4 is 43.6 Å². The van der Waals surface area contributed by atoms with E-state index in [0.717, 1.165) is 32.8 Å². The van der Waals surface area contributed by atoms with Crippen molar-refractivity contribution in [1.29, 1.82) is 10.9 Å². The van der Waals surface area contributed by atoms with Crippen LogP contribution in [0.2, 0.25) is 0 Å². The zero-order valence-electron chi connectivity index (χ0n) is 13.3. The van der Waals surface area contributed by atoms with E-state index in [2.05, 4.69) is 62.0 Å². The molecule has 0 saturated heterocycles. The van der Waals surface area contributed by atoms with Crippen LogP contribution in [0.5, 0.6) is 0 Å². The molecule has 0 unspecified atom stereocenters. The van der Waals surface area contributed by atoms with E-state index in [4.69, 9.17) is 10.9 Å². The molecule has 0 radical (unpaired) electrons. The average Bonchev–Trinajstić information content (AvgIpc) is 2.96. The summed E-state index contributed by atoms with van der Waals surface area (Å²) >= 11 is 3.48. The second kappa shape index (κ2) is 6.26. The molecule has 0 bridgehead atoms. The van der Waals surface area contributed by atoms with Crippen molar-refractivity contribution < 1.29 is 0 Å². The molecule has 0 aliphatic heterocycles. The molecule has 4 rings (SSSR count). The SMILES string of the molecule is N=NC(=N)c1ccc2c(c1)c1ccccc1n2Cc1ccc(Br)cc1. The number of halogens is 1. The smallest absolute Gasteiger partial charge is 0.173 e. The third-order valence-electron chi connectivity index (χ3n) is 4.41. The van der Waals surface area contributed by atoms with E-state index in [1.165, 1.54) is 5.56 Å². The van der Waals surface area contributed by atoms with Gasteiger partial charge in [-0.15, -0.1) is 5.11 Å². The van der Waals surface area contributed by atoms with Crippen LogP contribution >= 0.6 is 15.9 Å². The maximum atomic E-state index is 7.80. The molecule has 5 heteroatoms. The minimum Gasteiger partial charge on any atom is -0.336 e. The van der Waals surface area contributed by atoms with Gasteiger partial charge in [-0.3, -0.25) is 5.41 Å². The van der Waals surface area contributed by atoms with Gasteiger partial charge in [-0.05, 0) is 42.0 Å². The summed E-state index contributed by atoms with van der Waals surface area (Å²) in [5.41, 5.74) is 11.2. The monoisotopic (exact) mass is 390 g/mol. The van der Waals surface area contributed by atoms with Gasteiger partial charge < -0.3 is 4.57 Å². The summed E-state index contributed by atoms with van der Waals surface area (Å²) in [6.07, 6.45) is 0. The van der Waals surface area contributed by atoms with Crippen molar-refractivity contribution in [2.75, 3.05) is 0 Å². The van der Waals surface area contributed by atoms with Gasteiger partial charge in [0, 0.05) is 38.4 Å². The number of benzene rings is 3. The van der Waals surface area contributed by atoms with Crippen LogP contribution in [0.15, 0.2) is 76.3 Å². The first-order valence-corrected chi connectivity index (χ1v) is 8.68. The Labute approximate surface area is 153 Å². The van der Waals surface area contributed by atoms with E-state index in [-0.39, 0.29) is 5.84 Å². The maximum Gasteiger partial charge on any atom is 0.173 e. The summed E-state index contributed by atoms with van der Waals surface area (Å²) < 4.78 is 3.36. The molecule has 3 aromatic carbocycles. The molecule has 0 atom stereocenters. The van der Waals surface area contributed by atoms with Gasteiger partial charge >= 0.3 is 0 Å². The summed E-state index contributed by atoms with van der Waals surface area (Å²) in [5, 5.41) is 13.3. The maximum absolute atomic E-state index is 7.80. The van der Waals surface area contributed by atoms with E-state index in [1.54, 1.807) is 0 Å². The van der Waals surface area contributed by atoms with Crippen LogP contribution < -0.4 is 0 Å². The second-order valence-corrected chi connectivity index (χ2v) is 6.84. The van der Waals surface area contributed by atoms with Crippen LogP contribution in [0.1, 0.15) is 11.1 Å². The molecule has 0 saturated carbocycles. The standard InChI is InChI=1S/C20H15BrN4/c21-15-8-5-13(6-9-15)12-25-18-4-2-1-3-16(18)17-11-14(20(22)24-23)7-10-19(17)25/h1-11,22-23H,12H2. The number of fused-ring (bicyclic) bond motifs is 3. The average molecular weight is 391 g/mol. The Morgan fingerprint density at radius 3 is 2.40 bits per heavy atom. The molecule has 0 spiro atoms. The third kappa shape index (κ3) is 2.76. The van der Waals surface area contributed by atoms with Gasteiger partial charge in [0.25, 0.3) is 0 Å². The molecule has 4 nitrogen and oxygen atoms in total. The molecule has 25 heavy (non-hydrogen) atoms. The van der Waals surface area contributed by atoms with Crippen LogP contribution in [0.25, 0.3) is 21.8 Å². The van der Waals surface area contributed by atoms with Gasteiger partial charge in [-0.2, -0.15) is 0 Å². The number of nitrogens with zero attached hydrogens (tertiary/aromatic N) is 2. The Hall–Kier alpha value is -2.79. The highest BCUT2D eigenvalue weighted by molar-refractivity contribution is 9.10. The fraction of sp³-hybridized carbons (Fsp3) is 0.0500. The highest BCUT2D eigenvalue weighted by Crippen LogP contribution is 2.30. The number of hydrogen-bond donors (Lipinski definition) is 2. The minimum atomic E-state index is -0.0216. The molecule has 0 aliphatic carbocycles. The van der Waals surface area contributed by atoms with Gasteiger partial charge in [-0.1, -0.05) is 46.3 Å². The Morgan fingerprint density at radius 2 is 1.64 bits per heavy atom. The van der Waals surface area contributed by atoms with Crippen LogP contribution in [0.4, 0.5) is 0 Å². The Bertz CT molecular complexity index is 1110. The van der Waals surface area contributed by atoms with E-state index >= 15 is 0 Å². The first-order chi connectivity index (χ1) is 12.2. The van der Waals surface area contributed by atoms with Crippen molar-refractivity contribution in [2.24, 2.45) is 5.11 Å². The highest BCUT2D eigenvalue weighted by Gasteiger charge is 2.12. The molecule has 0 fully saturated rings. The lowest BCUT2D eigenvalue weighted by Gasteiger charge is -2.08. The molecule has 1 aromatic heterocycles. The van der Waals surface area contributed by atoms with Crippen LogP contribution in [0.3, 0.4) is 0 Å². The number of hydrogen-bond acceptors (Lipinski definition) is 2. The predicted molar refractivity (Wildman–Crippen MR) is 105 cm³/mol. The second-order valence-electron chi connectivity index (χ2n) is 5.92. The predicted octanol–water partition coefficient (Wildman–Crippen LogP) is 5.96. The van der Waals surface area contributed by atoms with Crippen molar-refractivity contribution in [2.45, 2.75) is 6.54 Å². The van der Waals surface area contributed by atoms with E-state index in [9.17, 15) is 0 Å². The van der Waals surface area contributed by atoms with Crippen molar-refractivity contribution in [3.8, 4) is 0 Å². The fourth-order valence-corrected chi connectivity index (χ4v) is 3.47. The largest absolute Gasteiger partial charge is 0.336 e. The first kappa shape index (κ1) is 15.7. The molecule has 4 aromatic rings. The number of rotatable bonds is 3. The number of aromatic nitrogens is 1. The van der Waals surface area contributed by atoms with E-state index in [0.29, 0.717) is 5.56 Å². The van der Waals surface area contributed by atoms with Crippen LogP contribution in [-0.2, 0) is 6.54 Å². The summed E-state index contributed by atoms with van der Waals surface area (Å²) in [5.74, 6) is -0.0216. The van der Waals surface area contributed by atoms with Gasteiger partial charge in [0.05, 0.1) is 0 Å². The molecule has 0 amide bonds. The minimum absolute atomic E-state index is 0.0216. The Kier molecular flexibility index (Phi) is 3.93. The number of amidine groups is 1. The summed E-state index contributed by atoms with van der Waals surface area (Å²) in [7, 11) is 0. The first-order valence-electron chi connectivity index (χ1n) is 7.89. The Balaban J connectivity index is 1.94. The number of para-hydroxylation sites is 1. The topological polar surface area (TPSA) is 65.0 Å². The lowest BCUT2D eigenvalue weighted by molar-refractivity contribution is 0.868. The number of nitrogens with one attached hydrogen (secondary N) is 2. The molecule has 122 valence electrons. The quantitative estimate of drug-likeness (QED) is 0.246. The molecular formula is C20H15BrN4. The summed E-state index contributed by atoms with van der Waals surface area (Å²) in [4.78, 5) is 0. The van der Waals surface area contributed by atoms with Gasteiger partial charge in [0.15, 0.2) is 5.84 Å². The fourth-order valence-electron chi connectivity index (χ4n) is 3.21. The van der Waals surface area contributed by atoms with Crippen molar-refractivity contribution in [1.82, 2.24) is 4.57 Å². The normalized spacial score (nSPS) is 11.1. The van der Waals surface area contributed by atoms with Gasteiger partial charge in [0.1, 0.15) is 0 Å². The van der Waals surface area contributed by atoms with E-state index in [1.807, 2.05) is 30.3 Å². The van der Waals surface area contributed by atoms with E-state index < -0.39 is 0 Å². The lowest BCUT2D eigenvalue weighted by atomic mass is 10.1.